The average molecular weight is 833 g/mol. The van der Waals surface area contributed by atoms with Crippen LogP contribution in [0.4, 0.5) is 0 Å². The summed E-state index contributed by atoms with van der Waals surface area (Å²) in [6, 6.07) is 90.3. The van der Waals surface area contributed by atoms with Gasteiger partial charge in [-0.25, -0.2) is 0 Å². The van der Waals surface area contributed by atoms with Crippen LogP contribution in [-0.2, 0) is 0 Å². The van der Waals surface area contributed by atoms with Crippen molar-refractivity contribution in [2.24, 2.45) is 0 Å². The third-order valence-electron chi connectivity index (χ3n) is 14.3. The first-order chi connectivity index (χ1) is 32.8. The third-order valence-corrected chi connectivity index (χ3v) is 14.3. The van der Waals surface area contributed by atoms with Crippen LogP contribution in [0.25, 0.3) is 142 Å². The first kappa shape index (κ1) is 36.9. The lowest BCUT2D eigenvalue weighted by Gasteiger charge is -2.20. The number of rotatable bonds is 6. The second kappa shape index (κ2) is 14.5. The molecule has 0 heteroatoms. The van der Waals surface area contributed by atoms with Gasteiger partial charge < -0.3 is 0 Å². The van der Waals surface area contributed by atoms with E-state index in [4.69, 9.17) is 0 Å². The van der Waals surface area contributed by atoms with Crippen LogP contribution < -0.4 is 0 Å². The van der Waals surface area contributed by atoms with E-state index in [2.05, 4.69) is 243 Å². The van der Waals surface area contributed by atoms with Crippen LogP contribution in [0.5, 0.6) is 0 Å². The molecule has 0 aliphatic carbocycles. The Morgan fingerprint density at radius 3 is 1.24 bits per heavy atom. The molecule has 14 aromatic rings. The predicted molar refractivity (Wildman–Crippen MR) is 284 cm³/mol. The van der Waals surface area contributed by atoms with E-state index in [1.54, 1.807) is 0 Å². The fourth-order valence-corrected chi connectivity index (χ4v) is 11.6. The summed E-state index contributed by atoms with van der Waals surface area (Å²) in [6.07, 6.45) is 0. The van der Waals surface area contributed by atoms with E-state index >= 15 is 0 Å². The van der Waals surface area contributed by atoms with Gasteiger partial charge in [-0.3, -0.25) is 0 Å². The van der Waals surface area contributed by atoms with Crippen LogP contribution in [-0.4, -0.2) is 0 Å². The minimum Gasteiger partial charge on any atom is -0.0622 e. The van der Waals surface area contributed by atoms with Crippen LogP contribution in [0.15, 0.2) is 243 Å². The molecule has 0 fully saturated rings. The molecule has 0 atom stereocenters. The molecule has 66 heavy (non-hydrogen) atoms. The minimum absolute atomic E-state index is 1.21. The zero-order chi connectivity index (χ0) is 43.3. The van der Waals surface area contributed by atoms with Crippen molar-refractivity contribution in [1.29, 1.82) is 0 Å². The Balaban J connectivity index is 1.19. The zero-order valence-corrected chi connectivity index (χ0v) is 36.1. The monoisotopic (exact) mass is 832 g/mol. The molecule has 0 heterocycles. The highest BCUT2D eigenvalue weighted by molar-refractivity contribution is 6.45. The van der Waals surface area contributed by atoms with Gasteiger partial charge in [-0.15, -0.1) is 0 Å². The maximum Gasteiger partial charge on any atom is -0.000718 e. The van der Waals surface area contributed by atoms with Crippen molar-refractivity contribution in [1.82, 2.24) is 0 Å². The second-order valence-corrected chi connectivity index (χ2v) is 17.8. The van der Waals surface area contributed by atoms with Gasteiger partial charge in [0.15, 0.2) is 0 Å². The highest BCUT2D eigenvalue weighted by Gasteiger charge is 2.28. The normalized spacial score (nSPS) is 11.9. The Morgan fingerprint density at radius 2 is 0.591 bits per heavy atom. The van der Waals surface area contributed by atoms with Crippen molar-refractivity contribution in [3.05, 3.63) is 243 Å². The van der Waals surface area contributed by atoms with Crippen molar-refractivity contribution >= 4 is 75.4 Å². The molecule has 14 aromatic carbocycles. The number of fused-ring (bicyclic) bond motifs is 8. The van der Waals surface area contributed by atoms with Gasteiger partial charge in [-0.05, 0) is 166 Å². The molecule has 0 N–H and O–H groups in total. The Labute approximate surface area is 383 Å². The Bertz CT molecular complexity index is 4110. The molecule has 0 aliphatic heterocycles. The summed E-state index contributed by atoms with van der Waals surface area (Å²) in [7, 11) is 0. The predicted octanol–water partition coefficient (Wildman–Crippen LogP) is 18.6. The standard InChI is InChI=1S/C66H40/c1-5-19-41(20-6-1)45-37-46(42-21-7-2-8-22-42)39-47(38-45)49-35-36-57-61-52(49)31-17-34-56(61)65-60(44-25-11-4-12-26-44)64-55-33-18-32-54-50-28-14-15-29-51(50)58(62(54)55)40-59(64)63(66(57)65)53-30-16-13-27-48(53)43-23-9-3-10-24-43/h1-40H. The van der Waals surface area contributed by atoms with E-state index in [0.29, 0.717) is 0 Å². The molecule has 0 amide bonds. The van der Waals surface area contributed by atoms with Gasteiger partial charge in [0.1, 0.15) is 0 Å². The molecular formula is C66H40. The number of benzene rings is 12. The molecule has 0 nitrogen and oxygen atoms in total. The smallest absolute Gasteiger partial charge is 0.000718 e. The van der Waals surface area contributed by atoms with Gasteiger partial charge in [0.25, 0.3) is 0 Å². The maximum absolute atomic E-state index is 2.55. The van der Waals surface area contributed by atoms with E-state index < -0.39 is 0 Å². The van der Waals surface area contributed by atoms with Gasteiger partial charge in [-0.1, -0.05) is 218 Å². The van der Waals surface area contributed by atoms with Crippen molar-refractivity contribution < 1.29 is 0 Å². The van der Waals surface area contributed by atoms with E-state index in [9.17, 15) is 0 Å². The topological polar surface area (TPSA) is 0 Å². The van der Waals surface area contributed by atoms with Gasteiger partial charge in [-0.2, -0.15) is 0 Å². The molecule has 0 aromatic heterocycles. The van der Waals surface area contributed by atoms with E-state index in [0.717, 1.165) is 0 Å². The van der Waals surface area contributed by atoms with Crippen LogP contribution in [0.1, 0.15) is 0 Å². The first-order valence-electron chi connectivity index (χ1n) is 23.0. The average Bonchev–Trinajstić information content (AvgIpc) is 3.90. The molecular weight excluding hydrogens is 793 g/mol. The minimum atomic E-state index is 1.21. The SMILES string of the molecule is c1ccc(-c2cc(-c3ccccc3)cc(-c3ccc4c5c(-c6ccccc6-c6ccccc6)c6cc7c8ccccc8c8cccc(c6c(-c6ccccc6)c5c5cccc3c45)c87)c2)cc1. The molecule has 0 unspecified atom stereocenters. The lowest BCUT2D eigenvalue weighted by Crippen LogP contribution is -1.93. The number of hydrogen-bond acceptors (Lipinski definition) is 0. The Hall–Kier alpha value is -8.58. The maximum atomic E-state index is 2.55. The summed E-state index contributed by atoms with van der Waals surface area (Å²) in [6.45, 7) is 0. The van der Waals surface area contributed by atoms with E-state index in [1.807, 2.05) is 0 Å². The van der Waals surface area contributed by atoms with Gasteiger partial charge >= 0.3 is 0 Å². The highest BCUT2D eigenvalue weighted by Crippen LogP contribution is 2.56. The fourth-order valence-electron chi connectivity index (χ4n) is 11.6. The van der Waals surface area contributed by atoms with Crippen LogP contribution >= 0.6 is 0 Å². The van der Waals surface area contributed by atoms with Crippen molar-refractivity contribution in [2.45, 2.75) is 0 Å². The van der Waals surface area contributed by atoms with E-state index in [1.165, 1.54) is 142 Å². The fraction of sp³-hybridized carbons (Fsp3) is 0. The van der Waals surface area contributed by atoms with Crippen molar-refractivity contribution in [2.75, 3.05) is 0 Å². The summed E-state index contributed by atoms with van der Waals surface area (Å²) in [5, 5.41) is 18.2. The lowest BCUT2D eigenvalue weighted by molar-refractivity contribution is 1.58. The summed E-state index contributed by atoms with van der Waals surface area (Å²) < 4.78 is 0. The largest absolute Gasteiger partial charge is 0.0622 e. The summed E-state index contributed by atoms with van der Waals surface area (Å²) in [5.41, 5.74) is 14.8. The third kappa shape index (κ3) is 5.39. The summed E-state index contributed by atoms with van der Waals surface area (Å²) >= 11 is 0. The quantitative estimate of drug-likeness (QED) is 0.146. The molecule has 0 aliphatic rings. The van der Waals surface area contributed by atoms with Gasteiger partial charge in [0.05, 0.1) is 0 Å². The molecule has 0 saturated carbocycles. The van der Waals surface area contributed by atoms with Crippen LogP contribution in [0.2, 0.25) is 0 Å². The van der Waals surface area contributed by atoms with Crippen LogP contribution in [0.3, 0.4) is 0 Å². The first-order valence-corrected chi connectivity index (χ1v) is 23.0. The molecule has 0 saturated heterocycles. The second-order valence-electron chi connectivity index (χ2n) is 17.8. The highest BCUT2D eigenvalue weighted by atomic mass is 14.3. The molecule has 14 rings (SSSR count). The Morgan fingerprint density at radius 1 is 0.152 bits per heavy atom. The van der Waals surface area contributed by atoms with E-state index in [-0.39, 0.29) is 0 Å². The molecule has 304 valence electrons. The zero-order valence-electron chi connectivity index (χ0n) is 36.1. The van der Waals surface area contributed by atoms with Gasteiger partial charge in [0.2, 0.25) is 0 Å². The number of hydrogen-bond donors (Lipinski definition) is 0. The van der Waals surface area contributed by atoms with Gasteiger partial charge in [0, 0.05) is 0 Å². The lowest BCUT2D eigenvalue weighted by atomic mass is 9.82. The summed E-state index contributed by atoms with van der Waals surface area (Å²) in [4.78, 5) is 0. The van der Waals surface area contributed by atoms with Crippen molar-refractivity contribution in [3.63, 3.8) is 0 Å². The molecule has 0 spiro atoms. The molecule has 0 radical (unpaired) electrons. The molecule has 0 bridgehead atoms. The Kier molecular flexibility index (Phi) is 8.08. The summed E-state index contributed by atoms with van der Waals surface area (Å²) in [5.74, 6) is 0. The van der Waals surface area contributed by atoms with Crippen molar-refractivity contribution in [3.8, 4) is 66.8 Å². The van der Waals surface area contributed by atoms with Crippen LogP contribution in [0, 0.1) is 0 Å².